The molecule has 0 fully saturated rings. The molecule has 2 aromatic rings. The maximum absolute atomic E-state index is 12.3. The second-order valence-corrected chi connectivity index (χ2v) is 5.01. The molecule has 4 nitrogen and oxygen atoms in total. The van der Waals surface area contributed by atoms with E-state index in [0.717, 1.165) is 19.3 Å². The molecule has 1 aliphatic heterocycles. The molecule has 0 atom stereocenters. The lowest BCUT2D eigenvalue weighted by Gasteiger charge is -2.29. The predicted octanol–water partition coefficient (Wildman–Crippen LogP) is 1.89. The standard InChI is InChI=1S/C16H16N2O2/c19-12-15-6-3-8-17(15)11-16(20)18-9-7-13-4-1-2-5-14(13)10-18/h1-6,8,12H,7,9-11H2. The summed E-state index contributed by atoms with van der Waals surface area (Å²) in [6.45, 7) is 1.63. The van der Waals surface area contributed by atoms with Crippen molar-refractivity contribution in [2.24, 2.45) is 0 Å². The van der Waals surface area contributed by atoms with E-state index in [0.29, 0.717) is 12.2 Å². The van der Waals surface area contributed by atoms with Crippen molar-refractivity contribution in [3.05, 3.63) is 59.4 Å². The van der Waals surface area contributed by atoms with E-state index in [4.69, 9.17) is 0 Å². The Bertz CT molecular complexity index is 645. The van der Waals surface area contributed by atoms with Gasteiger partial charge in [-0.2, -0.15) is 0 Å². The minimum Gasteiger partial charge on any atom is -0.336 e. The van der Waals surface area contributed by atoms with Crippen LogP contribution in [0.2, 0.25) is 0 Å². The van der Waals surface area contributed by atoms with Gasteiger partial charge in [0, 0.05) is 19.3 Å². The molecular formula is C16H16N2O2. The maximum atomic E-state index is 12.3. The molecule has 0 bridgehead atoms. The van der Waals surface area contributed by atoms with Gasteiger partial charge in [-0.05, 0) is 29.7 Å². The fourth-order valence-electron chi connectivity index (χ4n) is 2.63. The van der Waals surface area contributed by atoms with Crippen molar-refractivity contribution in [1.29, 1.82) is 0 Å². The number of amides is 1. The van der Waals surface area contributed by atoms with Gasteiger partial charge in [-0.3, -0.25) is 9.59 Å². The normalized spacial score (nSPS) is 13.9. The van der Waals surface area contributed by atoms with Gasteiger partial charge < -0.3 is 9.47 Å². The number of benzene rings is 1. The van der Waals surface area contributed by atoms with Gasteiger partial charge in [-0.1, -0.05) is 24.3 Å². The number of nitrogens with zero attached hydrogens (tertiary/aromatic N) is 2. The first kappa shape index (κ1) is 12.7. The van der Waals surface area contributed by atoms with Crippen LogP contribution >= 0.6 is 0 Å². The fraction of sp³-hybridized carbons (Fsp3) is 0.250. The Balaban J connectivity index is 1.72. The van der Waals surface area contributed by atoms with E-state index < -0.39 is 0 Å². The highest BCUT2D eigenvalue weighted by molar-refractivity contribution is 5.78. The molecular weight excluding hydrogens is 252 g/mol. The van der Waals surface area contributed by atoms with E-state index in [1.165, 1.54) is 11.1 Å². The average molecular weight is 268 g/mol. The summed E-state index contributed by atoms with van der Waals surface area (Å²) in [5, 5.41) is 0. The van der Waals surface area contributed by atoms with E-state index in [2.05, 4.69) is 12.1 Å². The molecule has 1 amide bonds. The topological polar surface area (TPSA) is 42.3 Å². The number of carbonyl (C=O) groups is 2. The Hall–Kier alpha value is -2.36. The van der Waals surface area contributed by atoms with Crippen molar-refractivity contribution in [3.63, 3.8) is 0 Å². The Morgan fingerprint density at radius 1 is 1.15 bits per heavy atom. The first-order valence-electron chi connectivity index (χ1n) is 6.73. The summed E-state index contributed by atoms with van der Waals surface area (Å²) in [7, 11) is 0. The smallest absolute Gasteiger partial charge is 0.242 e. The maximum Gasteiger partial charge on any atom is 0.242 e. The predicted molar refractivity (Wildman–Crippen MR) is 75.4 cm³/mol. The van der Waals surface area contributed by atoms with Crippen molar-refractivity contribution < 1.29 is 9.59 Å². The van der Waals surface area contributed by atoms with Crippen molar-refractivity contribution in [2.75, 3.05) is 6.54 Å². The molecule has 0 saturated carbocycles. The van der Waals surface area contributed by atoms with Crippen LogP contribution in [-0.2, 0) is 24.3 Å². The number of fused-ring (bicyclic) bond motifs is 1. The zero-order valence-electron chi connectivity index (χ0n) is 11.2. The van der Waals surface area contributed by atoms with Crippen molar-refractivity contribution in [1.82, 2.24) is 9.47 Å². The molecule has 4 heteroatoms. The van der Waals surface area contributed by atoms with Gasteiger partial charge in [0.15, 0.2) is 6.29 Å². The van der Waals surface area contributed by atoms with Crippen molar-refractivity contribution >= 4 is 12.2 Å². The van der Waals surface area contributed by atoms with E-state index in [-0.39, 0.29) is 12.5 Å². The molecule has 0 N–H and O–H groups in total. The van der Waals surface area contributed by atoms with Crippen LogP contribution in [0.25, 0.3) is 0 Å². The quantitative estimate of drug-likeness (QED) is 0.798. The summed E-state index contributed by atoms with van der Waals surface area (Å²) in [4.78, 5) is 25.1. The fourth-order valence-corrected chi connectivity index (χ4v) is 2.63. The highest BCUT2D eigenvalue weighted by atomic mass is 16.2. The zero-order chi connectivity index (χ0) is 13.9. The molecule has 0 spiro atoms. The Morgan fingerprint density at radius 2 is 1.95 bits per heavy atom. The van der Waals surface area contributed by atoms with Crippen LogP contribution in [0.5, 0.6) is 0 Å². The lowest BCUT2D eigenvalue weighted by atomic mass is 10.00. The second-order valence-electron chi connectivity index (χ2n) is 5.01. The van der Waals surface area contributed by atoms with Crippen LogP contribution in [0.1, 0.15) is 21.6 Å². The van der Waals surface area contributed by atoms with E-state index in [1.54, 1.807) is 22.9 Å². The molecule has 0 aliphatic carbocycles. The number of hydrogen-bond acceptors (Lipinski definition) is 2. The number of aldehydes is 1. The SMILES string of the molecule is O=Cc1cccn1CC(=O)N1CCc2ccccc2C1. The number of rotatable bonds is 3. The number of hydrogen-bond donors (Lipinski definition) is 0. The molecule has 1 aromatic carbocycles. The van der Waals surface area contributed by atoms with Gasteiger partial charge in [0.05, 0.1) is 5.69 Å². The largest absolute Gasteiger partial charge is 0.336 e. The van der Waals surface area contributed by atoms with E-state index >= 15 is 0 Å². The average Bonchev–Trinajstić information content (AvgIpc) is 2.94. The molecule has 0 radical (unpaired) electrons. The summed E-state index contributed by atoms with van der Waals surface area (Å²) in [6.07, 6.45) is 3.44. The number of aromatic nitrogens is 1. The van der Waals surface area contributed by atoms with Gasteiger partial charge in [0.1, 0.15) is 6.54 Å². The first-order chi connectivity index (χ1) is 9.78. The van der Waals surface area contributed by atoms with Crippen LogP contribution in [0.15, 0.2) is 42.6 Å². The third kappa shape index (κ3) is 2.37. The second kappa shape index (κ2) is 5.33. The molecule has 2 heterocycles. The van der Waals surface area contributed by atoms with Crippen molar-refractivity contribution in [3.8, 4) is 0 Å². The summed E-state index contributed by atoms with van der Waals surface area (Å²) in [6, 6.07) is 11.7. The lowest BCUT2D eigenvalue weighted by Crippen LogP contribution is -2.38. The molecule has 0 unspecified atom stereocenters. The minimum atomic E-state index is 0.0544. The Morgan fingerprint density at radius 3 is 2.75 bits per heavy atom. The summed E-state index contributed by atoms with van der Waals surface area (Å²) in [5.74, 6) is 0.0544. The molecule has 1 aliphatic rings. The third-order valence-corrected chi connectivity index (χ3v) is 3.77. The van der Waals surface area contributed by atoms with Gasteiger partial charge in [0.2, 0.25) is 5.91 Å². The van der Waals surface area contributed by atoms with E-state index in [1.807, 2.05) is 17.0 Å². The van der Waals surface area contributed by atoms with E-state index in [9.17, 15) is 9.59 Å². The first-order valence-corrected chi connectivity index (χ1v) is 6.73. The van der Waals surface area contributed by atoms with Gasteiger partial charge >= 0.3 is 0 Å². The molecule has 3 rings (SSSR count). The molecule has 102 valence electrons. The van der Waals surface area contributed by atoms with Crippen LogP contribution in [0, 0.1) is 0 Å². The monoisotopic (exact) mass is 268 g/mol. The van der Waals surface area contributed by atoms with Crippen LogP contribution in [-0.4, -0.2) is 28.2 Å². The zero-order valence-corrected chi connectivity index (χ0v) is 11.2. The van der Waals surface area contributed by atoms with Crippen molar-refractivity contribution in [2.45, 2.75) is 19.5 Å². The lowest BCUT2D eigenvalue weighted by molar-refractivity contribution is -0.132. The minimum absolute atomic E-state index is 0.0544. The number of carbonyl (C=O) groups excluding carboxylic acids is 2. The van der Waals surface area contributed by atoms with Crippen LogP contribution in [0.3, 0.4) is 0 Å². The Kier molecular flexibility index (Phi) is 3.37. The Labute approximate surface area is 117 Å². The van der Waals surface area contributed by atoms with Gasteiger partial charge in [-0.15, -0.1) is 0 Å². The molecule has 0 saturated heterocycles. The molecule has 20 heavy (non-hydrogen) atoms. The van der Waals surface area contributed by atoms with Crippen LogP contribution < -0.4 is 0 Å². The summed E-state index contributed by atoms with van der Waals surface area (Å²) in [5.41, 5.74) is 3.08. The molecule has 1 aromatic heterocycles. The summed E-state index contributed by atoms with van der Waals surface area (Å²) < 4.78 is 1.69. The summed E-state index contributed by atoms with van der Waals surface area (Å²) >= 11 is 0. The van der Waals surface area contributed by atoms with Gasteiger partial charge in [0.25, 0.3) is 0 Å². The van der Waals surface area contributed by atoms with Crippen LogP contribution in [0.4, 0.5) is 0 Å². The third-order valence-electron chi connectivity index (χ3n) is 3.77. The highest BCUT2D eigenvalue weighted by Crippen LogP contribution is 2.18. The highest BCUT2D eigenvalue weighted by Gasteiger charge is 2.20. The van der Waals surface area contributed by atoms with Gasteiger partial charge in [-0.25, -0.2) is 0 Å².